The fourth-order valence-corrected chi connectivity index (χ4v) is 5.01. The first-order valence-corrected chi connectivity index (χ1v) is 14.6. The summed E-state index contributed by atoms with van der Waals surface area (Å²) in [6.07, 6.45) is -1.41. The molecule has 234 valence electrons. The van der Waals surface area contributed by atoms with Crippen LogP contribution in [0.3, 0.4) is 0 Å². The summed E-state index contributed by atoms with van der Waals surface area (Å²) >= 11 is 0. The standard InChI is InChI=1S/C23H40N6O11S/c1-22(2,3)37-19(31)24-18(25-20(32)38-23(4,5)6)27-11-9-15(10-12-27)39-26-17(30)16-8-7-14-13-28(16)21(33)29(14)40-41(34,35)36/h14-16,18H,7-13H2,1-6H3,(H,24,31)(H,25,32)(H,26,30)(H,34,35,36)/t14-,16+/m1/s1. The number of fused-ring (bicyclic) bond motifs is 2. The fraction of sp³-hybridized carbons (Fsp3) is 0.826. The number of rotatable bonds is 8. The quantitative estimate of drug-likeness (QED) is 0.172. The van der Waals surface area contributed by atoms with Gasteiger partial charge in [-0.2, -0.15) is 13.5 Å². The Morgan fingerprint density at radius 1 is 0.927 bits per heavy atom. The van der Waals surface area contributed by atoms with Gasteiger partial charge in [0.25, 0.3) is 5.91 Å². The van der Waals surface area contributed by atoms with Gasteiger partial charge in [-0.15, -0.1) is 4.28 Å². The highest BCUT2D eigenvalue weighted by Crippen LogP contribution is 2.30. The molecule has 2 bridgehead atoms. The van der Waals surface area contributed by atoms with E-state index in [0.717, 1.165) is 4.90 Å². The topological polar surface area (TPSA) is 205 Å². The van der Waals surface area contributed by atoms with Crippen LogP contribution in [0.1, 0.15) is 67.2 Å². The molecular formula is C23H40N6O11S. The van der Waals surface area contributed by atoms with Crippen molar-refractivity contribution in [1.29, 1.82) is 0 Å². The van der Waals surface area contributed by atoms with Crippen LogP contribution in [0.5, 0.6) is 0 Å². The van der Waals surface area contributed by atoms with Crippen LogP contribution in [0.2, 0.25) is 0 Å². The Balaban J connectivity index is 1.52. The molecule has 17 nitrogen and oxygen atoms in total. The summed E-state index contributed by atoms with van der Waals surface area (Å²) in [5.74, 6) is -0.580. The van der Waals surface area contributed by atoms with E-state index >= 15 is 0 Å². The smallest absolute Gasteiger partial charge is 0.418 e. The number of hydrogen-bond acceptors (Lipinski definition) is 11. The van der Waals surface area contributed by atoms with Gasteiger partial charge in [0.05, 0.1) is 12.1 Å². The molecule has 5 amide bonds. The van der Waals surface area contributed by atoms with Crippen molar-refractivity contribution < 1.29 is 50.7 Å². The number of nitrogens with one attached hydrogen (secondary N) is 3. The van der Waals surface area contributed by atoms with E-state index in [9.17, 15) is 27.6 Å². The number of nitrogens with zero attached hydrogens (tertiary/aromatic N) is 3. The lowest BCUT2D eigenvalue weighted by Gasteiger charge is -2.38. The molecule has 0 aromatic carbocycles. The maximum absolute atomic E-state index is 12.8. The van der Waals surface area contributed by atoms with Gasteiger partial charge >= 0.3 is 28.6 Å². The van der Waals surface area contributed by atoms with Crippen molar-refractivity contribution in [2.45, 2.75) is 103 Å². The molecule has 18 heteroatoms. The number of urea groups is 1. The van der Waals surface area contributed by atoms with Gasteiger partial charge in [-0.25, -0.2) is 19.9 Å². The highest BCUT2D eigenvalue weighted by molar-refractivity contribution is 7.80. The van der Waals surface area contributed by atoms with Crippen molar-refractivity contribution >= 4 is 34.5 Å². The van der Waals surface area contributed by atoms with Crippen LogP contribution >= 0.6 is 0 Å². The van der Waals surface area contributed by atoms with E-state index in [1.807, 2.05) is 0 Å². The summed E-state index contributed by atoms with van der Waals surface area (Å²) < 4.78 is 46.1. The minimum Gasteiger partial charge on any atom is -0.444 e. The zero-order valence-electron chi connectivity index (χ0n) is 24.0. The average molecular weight is 609 g/mol. The predicted molar refractivity (Wildman–Crippen MR) is 140 cm³/mol. The first-order chi connectivity index (χ1) is 18.8. The van der Waals surface area contributed by atoms with Crippen LogP contribution in [0, 0.1) is 0 Å². The molecule has 3 rings (SSSR count). The minimum atomic E-state index is -4.89. The Bertz CT molecular complexity index is 1070. The maximum atomic E-state index is 12.8. The molecule has 0 saturated carbocycles. The molecule has 0 aromatic rings. The second-order valence-electron chi connectivity index (χ2n) is 12.0. The zero-order valence-corrected chi connectivity index (χ0v) is 24.9. The lowest BCUT2D eigenvalue weighted by atomic mass is 10.0. The summed E-state index contributed by atoms with van der Waals surface area (Å²) in [5, 5.41) is 5.85. The fourth-order valence-electron chi connectivity index (χ4n) is 4.62. The first-order valence-electron chi connectivity index (χ1n) is 13.3. The molecule has 2 atom stereocenters. The number of likely N-dealkylation sites (tertiary alicyclic amines) is 1. The number of ether oxygens (including phenoxy) is 2. The van der Waals surface area contributed by atoms with Crippen molar-refractivity contribution in [3.05, 3.63) is 0 Å². The molecule has 0 aromatic heterocycles. The van der Waals surface area contributed by atoms with Crippen molar-refractivity contribution in [1.82, 2.24) is 31.0 Å². The first kappa shape index (κ1) is 32.6. The van der Waals surface area contributed by atoms with Crippen molar-refractivity contribution in [3.8, 4) is 0 Å². The summed E-state index contributed by atoms with van der Waals surface area (Å²) in [6, 6.07) is -2.37. The highest BCUT2D eigenvalue weighted by atomic mass is 32.3. The number of piperidine rings is 2. The van der Waals surface area contributed by atoms with E-state index in [1.165, 1.54) is 0 Å². The molecule has 3 aliphatic heterocycles. The van der Waals surface area contributed by atoms with E-state index in [1.54, 1.807) is 46.4 Å². The van der Waals surface area contributed by atoms with Gasteiger partial charge < -0.3 is 14.4 Å². The number of amides is 5. The average Bonchev–Trinajstić information content (AvgIpc) is 3.03. The third kappa shape index (κ3) is 9.84. The molecule has 41 heavy (non-hydrogen) atoms. The Hall–Kier alpha value is -2.93. The highest BCUT2D eigenvalue weighted by Gasteiger charge is 2.49. The molecule has 3 saturated heterocycles. The van der Waals surface area contributed by atoms with E-state index in [0.29, 0.717) is 31.0 Å². The monoisotopic (exact) mass is 608 g/mol. The van der Waals surface area contributed by atoms with Gasteiger partial charge in [0.2, 0.25) is 0 Å². The predicted octanol–water partition coefficient (Wildman–Crippen LogP) is 0.835. The third-order valence-electron chi connectivity index (χ3n) is 6.27. The molecule has 3 fully saturated rings. The number of alkyl carbamates (subject to hydrolysis) is 2. The van der Waals surface area contributed by atoms with Crippen LogP contribution in [-0.4, -0.2) is 107 Å². The summed E-state index contributed by atoms with van der Waals surface area (Å²) in [7, 11) is -4.89. The number of hydrogen-bond donors (Lipinski definition) is 4. The number of hydroxylamine groups is 3. The van der Waals surface area contributed by atoms with E-state index in [-0.39, 0.29) is 19.4 Å². The van der Waals surface area contributed by atoms with E-state index in [4.69, 9.17) is 18.9 Å². The minimum absolute atomic E-state index is 0.0571. The molecule has 0 aliphatic carbocycles. The Morgan fingerprint density at radius 3 is 1.95 bits per heavy atom. The van der Waals surface area contributed by atoms with Crippen LogP contribution in [0.4, 0.5) is 14.4 Å². The van der Waals surface area contributed by atoms with Gasteiger partial charge in [0, 0.05) is 19.6 Å². The van der Waals surface area contributed by atoms with Gasteiger partial charge in [0.15, 0.2) is 6.29 Å². The Labute approximate surface area is 239 Å². The van der Waals surface area contributed by atoms with Crippen molar-refractivity contribution in [3.63, 3.8) is 0 Å². The molecule has 0 unspecified atom stereocenters. The third-order valence-corrected chi connectivity index (χ3v) is 6.62. The van der Waals surface area contributed by atoms with Gasteiger partial charge in [-0.05, 0) is 67.2 Å². The maximum Gasteiger partial charge on any atom is 0.418 e. The molecule has 3 heterocycles. The Morgan fingerprint density at radius 2 is 1.46 bits per heavy atom. The number of carbonyl (C=O) groups is 4. The van der Waals surface area contributed by atoms with E-state index < -0.39 is 70.2 Å². The second-order valence-corrected chi connectivity index (χ2v) is 13.0. The Kier molecular flexibility index (Phi) is 9.95. The molecule has 0 radical (unpaired) electrons. The van der Waals surface area contributed by atoms with Crippen LogP contribution in [0.15, 0.2) is 0 Å². The molecular weight excluding hydrogens is 568 g/mol. The summed E-state index contributed by atoms with van der Waals surface area (Å²) in [4.78, 5) is 58.8. The van der Waals surface area contributed by atoms with Crippen LogP contribution < -0.4 is 16.1 Å². The lowest BCUT2D eigenvalue weighted by Crippen LogP contribution is -2.61. The van der Waals surface area contributed by atoms with Gasteiger partial charge in [-0.3, -0.25) is 29.7 Å². The van der Waals surface area contributed by atoms with Crippen molar-refractivity contribution in [2.24, 2.45) is 0 Å². The number of carbonyl (C=O) groups excluding carboxylic acids is 4. The van der Waals surface area contributed by atoms with Crippen LogP contribution in [0.25, 0.3) is 0 Å². The summed E-state index contributed by atoms with van der Waals surface area (Å²) in [5.41, 5.74) is 0.891. The lowest BCUT2D eigenvalue weighted by molar-refractivity contribution is -0.146. The normalized spacial score (nSPS) is 22.5. The second kappa shape index (κ2) is 12.5. The molecule has 3 aliphatic rings. The van der Waals surface area contributed by atoms with Gasteiger partial charge in [-0.1, -0.05) is 0 Å². The summed E-state index contributed by atoms with van der Waals surface area (Å²) in [6.45, 7) is 11.1. The molecule has 4 N–H and O–H groups in total. The van der Waals surface area contributed by atoms with Gasteiger partial charge in [0.1, 0.15) is 17.2 Å². The molecule has 0 spiro atoms. The van der Waals surface area contributed by atoms with Crippen LogP contribution in [-0.2, 0) is 33.8 Å². The zero-order chi connectivity index (χ0) is 30.8. The SMILES string of the molecule is CC(C)(C)OC(=O)NC(NC(=O)OC(C)(C)C)N1CCC(ONC(=O)[C@@H]2CC[C@@H]3CN2C(=O)N3OS(=O)(=O)O)CC1. The van der Waals surface area contributed by atoms with Crippen molar-refractivity contribution in [2.75, 3.05) is 19.6 Å². The van der Waals surface area contributed by atoms with E-state index in [2.05, 4.69) is 20.4 Å². The largest absolute Gasteiger partial charge is 0.444 e.